The predicted molar refractivity (Wildman–Crippen MR) is 91.9 cm³/mol. The van der Waals surface area contributed by atoms with E-state index in [4.69, 9.17) is 4.74 Å². The van der Waals surface area contributed by atoms with E-state index in [1.54, 1.807) is 18.0 Å². The van der Waals surface area contributed by atoms with Crippen LogP contribution in [-0.4, -0.2) is 72.9 Å². The van der Waals surface area contributed by atoms with E-state index in [9.17, 15) is 4.79 Å². The van der Waals surface area contributed by atoms with Crippen LogP contribution in [0.3, 0.4) is 0 Å². The van der Waals surface area contributed by atoms with Crippen LogP contribution < -0.4 is 0 Å². The van der Waals surface area contributed by atoms with Gasteiger partial charge in [0, 0.05) is 38.9 Å². The summed E-state index contributed by atoms with van der Waals surface area (Å²) in [4.78, 5) is 21.5. The number of hydrogen-bond acceptors (Lipinski definition) is 5. The normalized spacial score (nSPS) is 23.0. The molecule has 0 radical (unpaired) electrons. The van der Waals surface area contributed by atoms with Gasteiger partial charge in [0.05, 0.1) is 23.8 Å². The van der Waals surface area contributed by atoms with E-state index in [0.717, 1.165) is 57.4 Å². The molecule has 2 aliphatic heterocycles. The number of nitrogens with zero attached hydrogens (tertiary/aromatic N) is 3. The maximum atomic E-state index is 12.7. The monoisotopic (exact) mass is 335 g/mol. The lowest BCUT2D eigenvalue weighted by Crippen LogP contribution is -2.46. The van der Waals surface area contributed by atoms with Crippen molar-refractivity contribution in [3.05, 3.63) is 23.9 Å². The molecule has 1 amide bonds. The van der Waals surface area contributed by atoms with Crippen LogP contribution >= 0.6 is 11.8 Å². The Morgan fingerprint density at radius 3 is 2.87 bits per heavy atom. The van der Waals surface area contributed by atoms with Crippen molar-refractivity contribution in [3.63, 3.8) is 0 Å². The number of amides is 1. The summed E-state index contributed by atoms with van der Waals surface area (Å²) < 4.78 is 5.41. The number of thioether (sulfide) groups is 1. The van der Waals surface area contributed by atoms with Gasteiger partial charge in [0.2, 0.25) is 0 Å². The number of hydrogen-bond donors (Lipinski definition) is 0. The SMILES string of the molecule is CSc1ccc(C(=O)N2CCCC(CN3CCOCC3)C2)cn1. The van der Waals surface area contributed by atoms with Crippen LogP contribution in [-0.2, 0) is 4.74 Å². The van der Waals surface area contributed by atoms with Crippen LogP contribution in [0.5, 0.6) is 0 Å². The maximum Gasteiger partial charge on any atom is 0.255 e. The van der Waals surface area contributed by atoms with Crippen molar-refractivity contribution in [2.45, 2.75) is 17.9 Å². The van der Waals surface area contributed by atoms with Crippen molar-refractivity contribution in [1.29, 1.82) is 0 Å². The molecular weight excluding hydrogens is 310 g/mol. The average Bonchev–Trinajstić information content (AvgIpc) is 2.62. The molecule has 1 aromatic rings. The minimum atomic E-state index is 0.122. The van der Waals surface area contributed by atoms with Gasteiger partial charge in [0.25, 0.3) is 5.91 Å². The van der Waals surface area contributed by atoms with Crippen molar-refractivity contribution in [1.82, 2.24) is 14.8 Å². The topological polar surface area (TPSA) is 45.7 Å². The van der Waals surface area contributed by atoms with E-state index in [2.05, 4.69) is 9.88 Å². The zero-order valence-electron chi connectivity index (χ0n) is 13.7. The molecule has 2 fully saturated rings. The summed E-state index contributed by atoms with van der Waals surface area (Å²) in [5, 5.41) is 0.949. The van der Waals surface area contributed by atoms with Crippen LogP contribution in [0.1, 0.15) is 23.2 Å². The zero-order valence-corrected chi connectivity index (χ0v) is 14.6. The number of carbonyl (C=O) groups is 1. The summed E-state index contributed by atoms with van der Waals surface area (Å²) in [6, 6.07) is 3.82. The van der Waals surface area contributed by atoms with Crippen molar-refractivity contribution in [3.8, 4) is 0 Å². The highest BCUT2D eigenvalue weighted by Crippen LogP contribution is 2.20. The lowest BCUT2D eigenvalue weighted by atomic mass is 9.96. The molecule has 1 unspecified atom stereocenters. The second-order valence-electron chi connectivity index (χ2n) is 6.26. The van der Waals surface area contributed by atoms with Gasteiger partial charge in [-0.3, -0.25) is 9.69 Å². The summed E-state index contributed by atoms with van der Waals surface area (Å²) >= 11 is 1.59. The summed E-state index contributed by atoms with van der Waals surface area (Å²) in [5.41, 5.74) is 0.704. The molecule has 0 bridgehead atoms. The molecule has 0 spiro atoms. The molecule has 2 aliphatic rings. The molecule has 3 heterocycles. The largest absolute Gasteiger partial charge is 0.379 e. The summed E-state index contributed by atoms with van der Waals surface area (Å²) in [5.74, 6) is 0.695. The van der Waals surface area contributed by atoms with E-state index in [-0.39, 0.29) is 5.91 Å². The highest BCUT2D eigenvalue weighted by atomic mass is 32.2. The Balaban J connectivity index is 1.57. The van der Waals surface area contributed by atoms with E-state index >= 15 is 0 Å². The Morgan fingerprint density at radius 2 is 2.17 bits per heavy atom. The molecule has 3 rings (SSSR count). The molecule has 1 aromatic heterocycles. The fourth-order valence-electron chi connectivity index (χ4n) is 3.36. The molecule has 0 aliphatic carbocycles. The van der Waals surface area contributed by atoms with Crippen molar-refractivity contribution < 1.29 is 9.53 Å². The molecule has 0 N–H and O–H groups in total. The Kier molecular flexibility index (Phi) is 5.91. The predicted octanol–water partition coefficient (Wildman–Crippen LogP) is 1.99. The minimum Gasteiger partial charge on any atom is -0.379 e. The average molecular weight is 335 g/mol. The Labute approximate surface area is 142 Å². The number of rotatable bonds is 4. The lowest BCUT2D eigenvalue weighted by molar-refractivity contribution is 0.0224. The maximum absolute atomic E-state index is 12.7. The molecular formula is C17H25N3O2S. The molecule has 6 heteroatoms. The van der Waals surface area contributed by atoms with Crippen LogP contribution in [0.25, 0.3) is 0 Å². The quantitative estimate of drug-likeness (QED) is 0.788. The molecule has 126 valence electrons. The van der Waals surface area contributed by atoms with Gasteiger partial charge in [-0.05, 0) is 37.1 Å². The van der Waals surface area contributed by atoms with Crippen molar-refractivity contribution in [2.24, 2.45) is 5.92 Å². The van der Waals surface area contributed by atoms with Gasteiger partial charge in [-0.2, -0.15) is 0 Å². The van der Waals surface area contributed by atoms with Gasteiger partial charge in [0.15, 0.2) is 0 Å². The van der Waals surface area contributed by atoms with E-state index in [0.29, 0.717) is 11.5 Å². The zero-order chi connectivity index (χ0) is 16.1. The van der Waals surface area contributed by atoms with E-state index in [1.165, 1.54) is 6.42 Å². The fourth-order valence-corrected chi connectivity index (χ4v) is 3.72. The summed E-state index contributed by atoms with van der Waals surface area (Å²) in [6.45, 7) is 6.51. The van der Waals surface area contributed by atoms with Crippen LogP contribution in [0.2, 0.25) is 0 Å². The van der Waals surface area contributed by atoms with E-state index < -0.39 is 0 Å². The molecule has 2 saturated heterocycles. The number of likely N-dealkylation sites (tertiary alicyclic amines) is 1. The van der Waals surface area contributed by atoms with Crippen molar-refractivity contribution >= 4 is 17.7 Å². The van der Waals surface area contributed by atoms with Gasteiger partial charge < -0.3 is 9.64 Å². The Hall–Kier alpha value is -1.11. The number of aromatic nitrogens is 1. The van der Waals surface area contributed by atoms with Gasteiger partial charge in [-0.1, -0.05) is 0 Å². The molecule has 0 saturated carbocycles. The third-order valence-corrected chi connectivity index (χ3v) is 5.28. The highest BCUT2D eigenvalue weighted by Gasteiger charge is 2.26. The van der Waals surface area contributed by atoms with Gasteiger partial charge in [-0.15, -0.1) is 11.8 Å². The third kappa shape index (κ3) is 4.46. The first-order valence-corrected chi connectivity index (χ1v) is 9.58. The Bertz CT molecular complexity index is 517. The highest BCUT2D eigenvalue weighted by molar-refractivity contribution is 7.98. The van der Waals surface area contributed by atoms with Gasteiger partial charge >= 0.3 is 0 Å². The first kappa shape index (κ1) is 16.7. The standard InChI is InChI=1S/C17H25N3O2S/c1-23-16-5-4-15(11-18-16)17(21)20-6-2-3-14(13-20)12-19-7-9-22-10-8-19/h4-5,11,14H,2-3,6-10,12-13H2,1H3. The number of piperidine rings is 1. The number of pyridine rings is 1. The second kappa shape index (κ2) is 8.13. The molecule has 0 aromatic carbocycles. The first-order valence-electron chi connectivity index (χ1n) is 8.35. The fraction of sp³-hybridized carbons (Fsp3) is 0.647. The summed E-state index contributed by atoms with van der Waals surface area (Å²) in [7, 11) is 0. The minimum absolute atomic E-state index is 0.122. The van der Waals surface area contributed by atoms with E-state index in [1.807, 2.05) is 23.3 Å². The number of morpholine rings is 1. The molecule has 5 nitrogen and oxygen atoms in total. The number of ether oxygens (including phenoxy) is 1. The molecule has 1 atom stereocenters. The lowest BCUT2D eigenvalue weighted by Gasteiger charge is -2.36. The number of carbonyl (C=O) groups excluding carboxylic acids is 1. The Morgan fingerprint density at radius 1 is 1.35 bits per heavy atom. The van der Waals surface area contributed by atoms with Crippen LogP contribution in [0.4, 0.5) is 0 Å². The van der Waals surface area contributed by atoms with Crippen LogP contribution in [0, 0.1) is 5.92 Å². The van der Waals surface area contributed by atoms with Crippen molar-refractivity contribution in [2.75, 3.05) is 52.2 Å². The van der Waals surface area contributed by atoms with Gasteiger partial charge in [-0.25, -0.2) is 4.98 Å². The van der Waals surface area contributed by atoms with Gasteiger partial charge in [0.1, 0.15) is 0 Å². The summed E-state index contributed by atoms with van der Waals surface area (Å²) in [6.07, 6.45) is 6.01. The van der Waals surface area contributed by atoms with Crippen LogP contribution in [0.15, 0.2) is 23.4 Å². The third-order valence-electron chi connectivity index (χ3n) is 4.62. The first-order chi connectivity index (χ1) is 11.3. The smallest absolute Gasteiger partial charge is 0.255 e. The molecule has 23 heavy (non-hydrogen) atoms. The second-order valence-corrected chi connectivity index (χ2v) is 7.09.